The van der Waals surface area contributed by atoms with Crippen LogP contribution in [0.1, 0.15) is 35.6 Å². The molecule has 1 unspecified atom stereocenters. The lowest BCUT2D eigenvalue weighted by Crippen LogP contribution is -2.42. The minimum absolute atomic E-state index is 0.000118. The average Bonchev–Trinajstić information content (AvgIpc) is 3.19. The molecule has 37 heavy (non-hydrogen) atoms. The third-order valence-corrected chi connectivity index (χ3v) is 6.94. The number of likely N-dealkylation sites (tertiary alicyclic amines) is 1. The lowest BCUT2D eigenvalue weighted by molar-refractivity contribution is -0.142. The van der Waals surface area contributed by atoms with Gasteiger partial charge in [-0.3, -0.25) is 9.59 Å². The van der Waals surface area contributed by atoms with Crippen molar-refractivity contribution in [2.24, 2.45) is 0 Å². The van der Waals surface area contributed by atoms with Crippen LogP contribution in [0.15, 0.2) is 78.4 Å². The summed E-state index contributed by atoms with van der Waals surface area (Å²) in [6.07, 6.45) is 1.12. The number of carbonyl (C=O) groups is 2. The number of carbonyl (C=O) groups excluding carboxylic acids is 2. The second-order valence-corrected chi connectivity index (χ2v) is 9.45. The van der Waals surface area contributed by atoms with E-state index in [4.69, 9.17) is 21.1 Å². The molecule has 6 nitrogen and oxygen atoms in total. The van der Waals surface area contributed by atoms with Gasteiger partial charge in [0, 0.05) is 24.3 Å². The van der Waals surface area contributed by atoms with E-state index in [2.05, 4.69) is 0 Å². The largest absolute Gasteiger partial charge is 0.507 e. The Bertz CT molecular complexity index is 1340. The Kier molecular flexibility index (Phi) is 7.26. The third-order valence-electron chi connectivity index (χ3n) is 6.68. The van der Waals surface area contributed by atoms with E-state index in [1.165, 1.54) is 17.0 Å². The number of benzene rings is 3. The molecule has 2 aliphatic heterocycles. The van der Waals surface area contributed by atoms with Crippen molar-refractivity contribution in [3.63, 3.8) is 0 Å². The number of nitrogens with zero attached hydrogens (tertiary/aromatic N) is 1. The van der Waals surface area contributed by atoms with Crippen molar-refractivity contribution in [3.05, 3.63) is 106 Å². The van der Waals surface area contributed by atoms with Crippen LogP contribution in [-0.4, -0.2) is 41.0 Å². The molecule has 2 heterocycles. The topological polar surface area (TPSA) is 76.1 Å². The summed E-state index contributed by atoms with van der Waals surface area (Å²) in [5.74, 6) is -2.46. The summed E-state index contributed by atoms with van der Waals surface area (Å²) in [4.78, 5) is 28.2. The molecule has 5 rings (SSSR count). The Morgan fingerprint density at radius 2 is 1.73 bits per heavy atom. The molecule has 1 amide bonds. The summed E-state index contributed by atoms with van der Waals surface area (Å²) in [6.45, 7) is 1.09. The Morgan fingerprint density at radius 3 is 2.43 bits per heavy atom. The minimum Gasteiger partial charge on any atom is -0.507 e. The van der Waals surface area contributed by atoms with Crippen LogP contribution < -0.4 is 4.74 Å². The van der Waals surface area contributed by atoms with Gasteiger partial charge in [0.25, 0.3) is 11.7 Å². The zero-order valence-corrected chi connectivity index (χ0v) is 20.7. The summed E-state index contributed by atoms with van der Waals surface area (Å²) >= 11 is 6.10. The minimum atomic E-state index is -0.870. The molecule has 0 aromatic heterocycles. The van der Waals surface area contributed by atoms with Crippen LogP contribution in [0.4, 0.5) is 4.39 Å². The quantitative estimate of drug-likeness (QED) is 0.257. The van der Waals surface area contributed by atoms with Gasteiger partial charge in [-0.15, -0.1) is 0 Å². The summed E-state index contributed by atoms with van der Waals surface area (Å²) in [5.41, 5.74) is 1.37. The summed E-state index contributed by atoms with van der Waals surface area (Å²) in [5, 5.41) is 12.0. The van der Waals surface area contributed by atoms with Gasteiger partial charge in [0.05, 0.1) is 17.2 Å². The molecular formula is C29H25ClFNO5. The van der Waals surface area contributed by atoms with Crippen LogP contribution in [-0.2, 0) is 20.9 Å². The lowest BCUT2D eigenvalue weighted by Gasteiger charge is -2.35. The Morgan fingerprint density at radius 1 is 1.03 bits per heavy atom. The van der Waals surface area contributed by atoms with E-state index >= 15 is 0 Å². The molecule has 2 aliphatic rings. The predicted octanol–water partition coefficient (Wildman–Crippen LogP) is 5.66. The van der Waals surface area contributed by atoms with Gasteiger partial charge in [-0.25, -0.2) is 4.39 Å². The summed E-state index contributed by atoms with van der Waals surface area (Å²) in [7, 11) is 0. The van der Waals surface area contributed by atoms with E-state index in [1.807, 2.05) is 30.3 Å². The first-order valence-corrected chi connectivity index (χ1v) is 12.4. The number of aliphatic hydroxyl groups excluding tert-OH is 1. The second-order valence-electron chi connectivity index (χ2n) is 9.02. The van der Waals surface area contributed by atoms with Crippen molar-refractivity contribution < 1.29 is 28.6 Å². The van der Waals surface area contributed by atoms with E-state index in [9.17, 15) is 19.1 Å². The van der Waals surface area contributed by atoms with E-state index in [0.29, 0.717) is 36.6 Å². The van der Waals surface area contributed by atoms with Gasteiger partial charge < -0.3 is 19.5 Å². The van der Waals surface area contributed by atoms with E-state index in [-0.39, 0.29) is 29.5 Å². The number of Topliss-reactive ketones (excluding diaryl/α,β-unsaturated/α-hetero) is 1. The molecule has 1 atom stereocenters. The molecule has 3 aromatic rings. The maximum Gasteiger partial charge on any atom is 0.295 e. The number of amides is 1. The van der Waals surface area contributed by atoms with Crippen LogP contribution in [0.3, 0.4) is 0 Å². The molecule has 8 heteroatoms. The molecule has 0 radical (unpaired) electrons. The monoisotopic (exact) mass is 521 g/mol. The van der Waals surface area contributed by atoms with Crippen LogP contribution in [0.5, 0.6) is 5.75 Å². The highest BCUT2D eigenvalue weighted by Gasteiger charge is 2.49. The molecule has 0 bridgehead atoms. The fourth-order valence-electron chi connectivity index (χ4n) is 4.86. The fraction of sp³-hybridized carbons (Fsp3) is 0.241. The molecule has 1 N–H and O–H groups in total. The van der Waals surface area contributed by atoms with Crippen molar-refractivity contribution >= 4 is 29.1 Å². The average molecular weight is 522 g/mol. The molecule has 2 saturated heterocycles. The first kappa shape index (κ1) is 25.0. The van der Waals surface area contributed by atoms with Crippen molar-refractivity contribution in [1.82, 2.24) is 4.90 Å². The van der Waals surface area contributed by atoms with E-state index in [1.54, 1.807) is 24.3 Å². The van der Waals surface area contributed by atoms with Crippen molar-refractivity contribution in [2.45, 2.75) is 31.5 Å². The van der Waals surface area contributed by atoms with Crippen molar-refractivity contribution in [3.8, 4) is 5.75 Å². The normalized spacial score (nSPS) is 19.8. The maximum atomic E-state index is 14.4. The summed E-state index contributed by atoms with van der Waals surface area (Å²) < 4.78 is 25.8. The number of hydrogen-bond donors (Lipinski definition) is 1. The van der Waals surface area contributed by atoms with Crippen LogP contribution in [0.25, 0.3) is 5.76 Å². The Hall–Kier alpha value is -3.68. The Labute approximate surface area is 218 Å². The lowest BCUT2D eigenvalue weighted by atomic mass is 9.94. The number of ketones is 1. The van der Waals surface area contributed by atoms with Crippen LogP contribution in [0.2, 0.25) is 5.02 Å². The van der Waals surface area contributed by atoms with Crippen molar-refractivity contribution in [1.29, 1.82) is 0 Å². The number of halogens is 2. The number of rotatable bonds is 6. The van der Waals surface area contributed by atoms with Crippen LogP contribution in [0, 0.1) is 5.82 Å². The molecular weight excluding hydrogens is 497 g/mol. The first-order chi connectivity index (χ1) is 17.9. The SMILES string of the molecule is O=C1C(=O)N(C2CCOCC2)C(c2ccc(Cl)cc2)/C1=C(\O)c1cc(F)ccc1OCc1ccccc1. The molecule has 3 aromatic carbocycles. The highest BCUT2D eigenvalue weighted by Crippen LogP contribution is 2.43. The highest BCUT2D eigenvalue weighted by atomic mass is 35.5. The smallest absolute Gasteiger partial charge is 0.295 e. The third kappa shape index (κ3) is 5.10. The first-order valence-electron chi connectivity index (χ1n) is 12.0. The molecule has 190 valence electrons. The van der Waals surface area contributed by atoms with Gasteiger partial charge in [-0.1, -0.05) is 54.1 Å². The number of ether oxygens (including phenoxy) is 2. The summed E-state index contributed by atoms with van der Waals surface area (Å²) in [6, 6.07) is 18.7. The second kappa shape index (κ2) is 10.7. The molecule has 0 saturated carbocycles. The Balaban J connectivity index is 1.61. The van der Waals surface area contributed by atoms with Gasteiger partial charge in [0.15, 0.2) is 0 Å². The van der Waals surface area contributed by atoms with E-state index < -0.39 is 29.3 Å². The number of hydrogen-bond acceptors (Lipinski definition) is 5. The standard InChI is InChI=1S/C29H25ClFNO5/c30-20-8-6-19(7-9-20)26-25(28(34)29(35)32(26)22-12-14-36-15-13-22)27(33)23-16-21(31)10-11-24(23)37-17-18-4-2-1-3-5-18/h1-11,16,22,26,33H,12-15,17H2/b27-25+. The van der Waals surface area contributed by atoms with Gasteiger partial charge in [0.1, 0.15) is 23.9 Å². The van der Waals surface area contributed by atoms with Gasteiger partial charge >= 0.3 is 0 Å². The number of aliphatic hydroxyl groups is 1. The highest BCUT2D eigenvalue weighted by molar-refractivity contribution is 6.46. The zero-order chi connectivity index (χ0) is 25.9. The van der Waals surface area contributed by atoms with Gasteiger partial charge in [-0.2, -0.15) is 0 Å². The van der Waals surface area contributed by atoms with Crippen LogP contribution >= 0.6 is 11.6 Å². The zero-order valence-electron chi connectivity index (χ0n) is 19.9. The fourth-order valence-corrected chi connectivity index (χ4v) is 4.98. The molecule has 2 fully saturated rings. The molecule has 0 aliphatic carbocycles. The predicted molar refractivity (Wildman–Crippen MR) is 137 cm³/mol. The van der Waals surface area contributed by atoms with Gasteiger partial charge in [-0.05, 0) is 54.3 Å². The molecule has 0 spiro atoms. The van der Waals surface area contributed by atoms with Crippen molar-refractivity contribution in [2.75, 3.05) is 13.2 Å². The van der Waals surface area contributed by atoms with E-state index in [0.717, 1.165) is 11.6 Å². The van der Waals surface area contributed by atoms with Gasteiger partial charge in [0.2, 0.25) is 0 Å². The maximum absolute atomic E-state index is 14.4.